The maximum atomic E-state index is 14.7. The van der Waals surface area contributed by atoms with Crippen LogP contribution >= 0.6 is 0 Å². The third kappa shape index (κ3) is 3.13. The normalized spacial score (nSPS) is 14.8. The number of hydrogen-bond acceptors (Lipinski definition) is 4. The van der Waals surface area contributed by atoms with E-state index in [4.69, 9.17) is 0 Å². The van der Waals surface area contributed by atoms with Crippen molar-refractivity contribution in [2.45, 2.75) is 32.0 Å². The Kier molecular flexibility index (Phi) is 4.81. The quantitative estimate of drug-likeness (QED) is 0.502. The average Bonchev–Trinajstić information content (AvgIpc) is 3.32. The Morgan fingerprint density at radius 2 is 1.87 bits per heavy atom. The highest BCUT2D eigenvalue weighted by Gasteiger charge is 2.41. The molecule has 0 saturated carbocycles. The number of aliphatic hydroxyl groups is 1. The Morgan fingerprint density at radius 3 is 2.53 bits per heavy atom. The van der Waals surface area contributed by atoms with Crippen LogP contribution in [0.25, 0.3) is 10.9 Å². The summed E-state index contributed by atoms with van der Waals surface area (Å²) in [5, 5.41) is 20.1. The number of nitrogens with zero attached hydrogens (tertiary/aromatic N) is 5. The van der Waals surface area contributed by atoms with Crippen molar-refractivity contribution >= 4 is 10.9 Å². The Balaban J connectivity index is 1.90. The van der Waals surface area contributed by atoms with E-state index in [1.807, 2.05) is 0 Å². The Bertz CT molecular complexity index is 1220. The van der Waals surface area contributed by atoms with Gasteiger partial charge >= 0.3 is 0 Å². The maximum Gasteiger partial charge on any atom is 0.186 e. The first kappa shape index (κ1) is 20.0. The van der Waals surface area contributed by atoms with E-state index in [0.717, 1.165) is 18.2 Å². The van der Waals surface area contributed by atoms with Gasteiger partial charge in [-0.3, -0.25) is 4.68 Å². The number of aryl methyl sites for hydroxylation is 1. The minimum absolute atomic E-state index is 0.197. The minimum Gasteiger partial charge on any atom is -0.381 e. The van der Waals surface area contributed by atoms with Gasteiger partial charge < -0.3 is 5.11 Å². The molecule has 1 N–H and O–H groups in total. The summed E-state index contributed by atoms with van der Waals surface area (Å²) < 4.78 is 58.7. The third-order valence-electron chi connectivity index (χ3n) is 5.34. The van der Waals surface area contributed by atoms with Crippen molar-refractivity contribution in [3.8, 4) is 0 Å². The zero-order valence-corrected chi connectivity index (χ0v) is 16.0. The van der Waals surface area contributed by atoms with Crippen LogP contribution in [0.1, 0.15) is 24.2 Å². The predicted octanol–water partition coefficient (Wildman–Crippen LogP) is 3.64. The molecule has 0 bridgehead atoms. The van der Waals surface area contributed by atoms with Crippen LogP contribution in [0.5, 0.6) is 0 Å². The van der Waals surface area contributed by atoms with Crippen molar-refractivity contribution in [1.29, 1.82) is 0 Å². The highest BCUT2D eigenvalue weighted by atomic mass is 19.2. The van der Waals surface area contributed by atoms with Gasteiger partial charge in [0.25, 0.3) is 0 Å². The molecule has 6 nitrogen and oxygen atoms in total. The van der Waals surface area contributed by atoms with E-state index in [-0.39, 0.29) is 17.6 Å². The smallest absolute Gasteiger partial charge is 0.186 e. The number of benzene rings is 2. The summed E-state index contributed by atoms with van der Waals surface area (Å²) in [7, 11) is 0. The highest BCUT2D eigenvalue weighted by Crippen LogP contribution is 2.38. The molecule has 156 valence electrons. The summed E-state index contributed by atoms with van der Waals surface area (Å²) in [6.45, 7) is 2.93. The van der Waals surface area contributed by atoms with Crippen LogP contribution < -0.4 is 0 Å². The second-order valence-corrected chi connectivity index (χ2v) is 7.10. The summed E-state index contributed by atoms with van der Waals surface area (Å²) in [6.07, 6.45) is 2.58. The van der Waals surface area contributed by atoms with Crippen LogP contribution in [0.15, 0.2) is 43.0 Å². The second kappa shape index (κ2) is 7.21. The van der Waals surface area contributed by atoms with Crippen molar-refractivity contribution in [2.75, 3.05) is 0 Å². The molecule has 0 aliphatic heterocycles. The molecule has 2 heterocycles. The lowest BCUT2D eigenvalue weighted by molar-refractivity contribution is -0.0373. The molecule has 0 amide bonds. The van der Waals surface area contributed by atoms with Gasteiger partial charge in [0.15, 0.2) is 11.6 Å². The second-order valence-electron chi connectivity index (χ2n) is 7.10. The van der Waals surface area contributed by atoms with Crippen LogP contribution in [-0.4, -0.2) is 29.7 Å². The summed E-state index contributed by atoms with van der Waals surface area (Å²) in [5.41, 5.74) is -1.94. The van der Waals surface area contributed by atoms with Gasteiger partial charge in [0, 0.05) is 22.7 Å². The largest absolute Gasteiger partial charge is 0.381 e. The first-order valence-corrected chi connectivity index (χ1v) is 9.05. The molecule has 0 radical (unpaired) electrons. The topological polar surface area (TPSA) is 68.8 Å². The molecule has 30 heavy (non-hydrogen) atoms. The molecule has 0 aliphatic rings. The Morgan fingerprint density at radius 1 is 1.10 bits per heavy atom. The van der Waals surface area contributed by atoms with E-state index in [1.165, 1.54) is 28.1 Å². The number of rotatable bonds is 5. The maximum absolute atomic E-state index is 14.7. The molecule has 4 aromatic rings. The number of halogens is 4. The van der Waals surface area contributed by atoms with Gasteiger partial charge in [0.05, 0.1) is 12.6 Å². The van der Waals surface area contributed by atoms with E-state index in [1.54, 1.807) is 13.8 Å². The highest BCUT2D eigenvalue weighted by molar-refractivity contribution is 5.82. The molecule has 0 aliphatic carbocycles. The molecular weight excluding hydrogens is 402 g/mol. The first-order valence-electron chi connectivity index (χ1n) is 9.05. The van der Waals surface area contributed by atoms with Crippen LogP contribution in [0.3, 0.4) is 0 Å². The molecule has 0 unspecified atom stereocenters. The molecular formula is C20H17F4N5O. The number of hydrogen-bond donors (Lipinski definition) is 1. The van der Waals surface area contributed by atoms with Crippen molar-refractivity contribution in [2.24, 2.45) is 0 Å². The van der Waals surface area contributed by atoms with E-state index < -0.39 is 34.9 Å². The zero-order valence-electron chi connectivity index (χ0n) is 16.0. The monoisotopic (exact) mass is 419 g/mol. The minimum atomic E-state index is -1.98. The van der Waals surface area contributed by atoms with Gasteiger partial charge in [0.1, 0.15) is 35.4 Å². The summed E-state index contributed by atoms with van der Waals surface area (Å²) in [5.74, 6) is -3.93. The van der Waals surface area contributed by atoms with E-state index >= 15 is 0 Å². The number of aromatic nitrogens is 5. The lowest BCUT2D eigenvalue weighted by Gasteiger charge is -2.35. The van der Waals surface area contributed by atoms with Crippen LogP contribution in [0.4, 0.5) is 17.6 Å². The lowest BCUT2D eigenvalue weighted by atomic mass is 9.86. The Labute approximate surface area is 168 Å². The van der Waals surface area contributed by atoms with Gasteiger partial charge in [-0.2, -0.15) is 10.2 Å². The first-order chi connectivity index (χ1) is 14.2. The van der Waals surface area contributed by atoms with E-state index in [9.17, 15) is 22.7 Å². The van der Waals surface area contributed by atoms with Crippen molar-refractivity contribution in [3.05, 3.63) is 77.5 Å². The summed E-state index contributed by atoms with van der Waals surface area (Å²) >= 11 is 0. The van der Waals surface area contributed by atoms with Gasteiger partial charge in [0.2, 0.25) is 0 Å². The van der Waals surface area contributed by atoms with Gasteiger partial charge in [-0.05, 0) is 32.0 Å². The summed E-state index contributed by atoms with van der Waals surface area (Å²) in [6, 6.07) is 4.22. The van der Waals surface area contributed by atoms with Gasteiger partial charge in [-0.15, -0.1) is 0 Å². The molecule has 0 spiro atoms. The third-order valence-corrected chi connectivity index (χ3v) is 5.34. The van der Waals surface area contributed by atoms with Crippen LogP contribution in [0, 0.1) is 30.2 Å². The number of fused-ring (bicyclic) bond motifs is 1. The predicted molar refractivity (Wildman–Crippen MR) is 99.4 cm³/mol. The fourth-order valence-electron chi connectivity index (χ4n) is 3.66. The fourth-order valence-corrected chi connectivity index (χ4v) is 3.66. The molecule has 10 heteroatoms. The molecule has 4 rings (SSSR count). The van der Waals surface area contributed by atoms with Crippen molar-refractivity contribution in [3.63, 3.8) is 0 Å². The van der Waals surface area contributed by atoms with Gasteiger partial charge in [-0.25, -0.2) is 27.2 Å². The molecule has 2 aromatic carbocycles. The molecule has 0 fully saturated rings. The summed E-state index contributed by atoms with van der Waals surface area (Å²) in [4.78, 5) is 3.82. The zero-order chi connectivity index (χ0) is 21.6. The molecule has 0 saturated heterocycles. The van der Waals surface area contributed by atoms with Crippen LogP contribution in [0.2, 0.25) is 0 Å². The SMILES string of the molecule is Cc1c2ccc(F)c(F)c2nn1[C@H](C)[C@](O)(Cn1cncn1)c1ccc(F)cc1F. The van der Waals surface area contributed by atoms with Gasteiger partial charge in [-0.1, -0.05) is 6.07 Å². The van der Waals surface area contributed by atoms with Crippen molar-refractivity contribution in [1.82, 2.24) is 24.5 Å². The van der Waals surface area contributed by atoms with E-state index in [0.29, 0.717) is 17.1 Å². The lowest BCUT2D eigenvalue weighted by Crippen LogP contribution is -2.41. The average molecular weight is 419 g/mol. The Hall–Kier alpha value is -3.27. The molecule has 2 atom stereocenters. The fraction of sp³-hybridized carbons (Fsp3) is 0.250. The molecule has 2 aromatic heterocycles. The standard InChI is InChI=1S/C20H17F4N5O/c1-11-14-4-6-16(22)18(24)19(14)27-29(11)12(2)20(30,8-28-10-25-9-26-28)15-5-3-13(21)7-17(15)23/h3-7,9-10,12,30H,8H2,1-2H3/t12-,20-/m1/s1. The van der Waals surface area contributed by atoms with Crippen LogP contribution in [-0.2, 0) is 12.1 Å². The van der Waals surface area contributed by atoms with Crippen molar-refractivity contribution < 1.29 is 22.7 Å². The van der Waals surface area contributed by atoms with E-state index in [2.05, 4.69) is 15.2 Å².